The first-order valence-corrected chi connectivity index (χ1v) is 6.00. The summed E-state index contributed by atoms with van der Waals surface area (Å²) in [6.45, 7) is 0.831. The number of aromatic nitrogens is 2. The standard InChI is InChI=1S/C13H15N3O/c17-12(15-8-9-3-4-9)7-11-6-10-2-1-5-14-13(10)16-11/h1-2,5-6,9H,3-4,7-8H2,(H,14,16)(H,15,17). The summed E-state index contributed by atoms with van der Waals surface area (Å²) in [6.07, 6.45) is 4.67. The fourth-order valence-corrected chi connectivity index (χ4v) is 1.93. The first kappa shape index (κ1) is 10.3. The van der Waals surface area contributed by atoms with Crippen LogP contribution in [0.5, 0.6) is 0 Å². The first-order chi connectivity index (χ1) is 8.31. The number of pyridine rings is 1. The van der Waals surface area contributed by atoms with Crippen LogP contribution in [-0.4, -0.2) is 22.4 Å². The average Bonchev–Trinajstić information content (AvgIpc) is 3.06. The van der Waals surface area contributed by atoms with Crippen LogP contribution in [0.2, 0.25) is 0 Å². The third kappa shape index (κ3) is 2.46. The van der Waals surface area contributed by atoms with Gasteiger partial charge in [-0.05, 0) is 37.0 Å². The average molecular weight is 229 g/mol. The molecule has 0 atom stereocenters. The predicted molar refractivity (Wildman–Crippen MR) is 65.5 cm³/mol. The second-order valence-corrected chi connectivity index (χ2v) is 4.66. The van der Waals surface area contributed by atoms with E-state index in [0.717, 1.165) is 29.2 Å². The van der Waals surface area contributed by atoms with Crippen LogP contribution in [0, 0.1) is 5.92 Å². The highest BCUT2D eigenvalue weighted by atomic mass is 16.1. The lowest BCUT2D eigenvalue weighted by molar-refractivity contribution is -0.120. The summed E-state index contributed by atoms with van der Waals surface area (Å²) in [6, 6.07) is 5.87. The predicted octanol–water partition coefficient (Wildman–Crippen LogP) is 1.63. The fraction of sp³-hybridized carbons (Fsp3) is 0.385. The fourth-order valence-electron chi connectivity index (χ4n) is 1.93. The summed E-state index contributed by atoms with van der Waals surface area (Å²) in [7, 11) is 0. The van der Waals surface area contributed by atoms with E-state index in [2.05, 4.69) is 15.3 Å². The number of nitrogens with zero attached hydrogens (tertiary/aromatic N) is 1. The minimum absolute atomic E-state index is 0.0865. The highest BCUT2D eigenvalue weighted by molar-refractivity contribution is 5.82. The maximum Gasteiger partial charge on any atom is 0.225 e. The molecule has 0 spiro atoms. The van der Waals surface area contributed by atoms with Gasteiger partial charge in [-0.25, -0.2) is 4.98 Å². The molecule has 1 fully saturated rings. The van der Waals surface area contributed by atoms with E-state index in [1.165, 1.54) is 12.8 Å². The minimum atomic E-state index is 0.0865. The topological polar surface area (TPSA) is 57.8 Å². The van der Waals surface area contributed by atoms with Crippen molar-refractivity contribution in [3.8, 4) is 0 Å². The van der Waals surface area contributed by atoms with Crippen molar-refractivity contribution in [1.29, 1.82) is 0 Å². The summed E-state index contributed by atoms with van der Waals surface area (Å²) in [5.74, 6) is 0.812. The Kier molecular flexibility index (Phi) is 2.55. The molecule has 4 nitrogen and oxygen atoms in total. The number of fused-ring (bicyclic) bond motifs is 1. The van der Waals surface area contributed by atoms with Gasteiger partial charge in [0.25, 0.3) is 0 Å². The molecule has 4 heteroatoms. The highest BCUT2D eigenvalue weighted by Gasteiger charge is 2.21. The van der Waals surface area contributed by atoms with Crippen LogP contribution in [0.15, 0.2) is 24.4 Å². The van der Waals surface area contributed by atoms with Gasteiger partial charge in [-0.1, -0.05) is 0 Å². The lowest BCUT2D eigenvalue weighted by atomic mass is 10.2. The molecule has 2 aromatic heterocycles. The number of hydrogen-bond donors (Lipinski definition) is 2. The first-order valence-electron chi connectivity index (χ1n) is 6.00. The Hall–Kier alpha value is -1.84. The monoisotopic (exact) mass is 229 g/mol. The lowest BCUT2D eigenvalue weighted by Crippen LogP contribution is -2.27. The zero-order valence-corrected chi connectivity index (χ0v) is 9.57. The van der Waals surface area contributed by atoms with Gasteiger partial charge < -0.3 is 10.3 Å². The quantitative estimate of drug-likeness (QED) is 0.837. The van der Waals surface area contributed by atoms with Crippen LogP contribution in [0.4, 0.5) is 0 Å². The van der Waals surface area contributed by atoms with Gasteiger partial charge in [-0.2, -0.15) is 0 Å². The van der Waals surface area contributed by atoms with E-state index in [9.17, 15) is 4.79 Å². The van der Waals surface area contributed by atoms with Gasteiger partial charge in [-0.15, -0.1) is 0 Å². The van der Waals surface area contributed by atoms with Crippen molar-refractivity contribution in [2.24, 2.45) is 5.92 Å². The van der Waals surface area contributed by atoms with E-state index >= 15 is 0 Å². The molecule has 0 aromatic carbocycles. The maximum atomic E-state index is 11.7. The van der Waals surface area contributed by atoms with Gasteiger partial charge in [0.2, 0.25) is 5.91 Å². The summed E-state index contributed by atoms with van der Waals surface area (Å²) < 4.78 is 0. The van der Waals surface area contributed by atoms with Gasteiger partial charge >= 0.3 is 0 Å². The van der Waals surface area contributed by atoms with Crippen LogP contribution in [0.25, 0.3) is 11.0 Å². The van der Waals surface area contributed by atoms with Crippen molar-refractivity contribution in [3.63, 3.8) is 0 Å². The van der Waals surface area contributed by atoms with Gasteiger partial charge in [0, 0.05) is 23.8 Å². The second kappa shape index (κ2) is 4.20. The van der Waals surface area contributed by atoms with Crippen molar-refractivity contribution in [3.05, 3.63) is 30.1 Å². The van der Waals surface area contributed by atoms with Crippen molar-refractivity contribution in [2.75, 3.05) is 6.54 Å². The number of amides is 1. The van der Waals surface area contributed by atoms with Crippen LogP contribution >= 0.6 is 0 Å². The number of aromatic amines is 1. The van der Waals surface area contributed by atoms with Crippen LogP contribution in [0.3, 0.4) is 0 Å². The van der Waals surface area contributed by atoms with E-state index in [4.69, 9.17) is 0 Å². The molecule has 0 unspecified atom stereocenters. The summed E-state index contributed by atoms with van der Waals surface area (Å²) in [4.78, 5) is 19.0. The Morgan fingerprint density at radius 1 is 1.53 bits per heavy atom. The molecule has 3 rings (SSSR count). The smallest absolute Gasteiger partial charge is 0.225 e. The van der Waals surface area contributed by atoms with Gasteiger partial charge in [0.05, 0.1) is 6.42 Å². The summed E-state index contributed by atoms with van der Waals surface area (Å²) in [5.41, 5.74) is 1.77. The van der Waals surface area contributed by atoms with Crippen LogP contribution in [-0.2, 0) is 11.2 Å². The largest absolute Gasteiger partial charge is 0.355 e. The van der Waals surface area contributed by atoms with Gasteiger partial charge in [0.15, 0.2) is 0 Å². The Balaban J connectivity index is 1.64. The number of carbonyl (C=O) groups excluding carboxylic acids is 1. The third-order valence-corrected chi connectivity index (χ3v) is 3.08. The number of hydrogen-bond acceptors (Lipinski definition) is 2. The normalized spacial score (nSPS) is 15.1. The molecule has 2 aromatic rings. The molecule has 0 radical (unpaired) electrons. The van der Waals surface area contributed by atoms with E-state index in [1.807, 2.05) is 18.2 Å². The minimum Gasteiger partial charge on any atom is -0.355 e. The Morgan fingerprint density at radius 2 is 2.41 bits per heavy atom. The van der Waals surface area contributed by atoms with Crippen molar-refractivity contribution in [2.45, 2.75) is 19.3 Å². The molecule has 0 saturated heterocycles. The number of rotatable bonds is 4. The van der Waals surface area contributed by atoms with Crippen molar-refractivity contribution >= 4 is 16.9 Å². The molecule has 2 heterocycles. The molecule has 0 bridgehead atoms. The Morgan fingerprint density at radius 3 is 3.18 bits per heavy atom. The molecular formula is C13H15N3O. The van der Waals surface area contributed by atoms with Crippen molar-refractivity contribution in [1.82, 2.24) is 15.3 Å². The van der Waals surface area contributed by atoms with E-state index in [-0.39, 0.29) is 5.91 Å². The number of carbonyl (C=O) groups is 1. The summed E-state index contributed by atoms with van der Waals surface area (Å²) >= 11 is 0. The maximum absolute atomic E-state index is 11.7. The molecule has 1 saturated carbocycles. The van der Waals surface area contributed by atoms with Gasteiger partial charge in [-0.3, -0.25) is 4.79 Å². The number of H-pyrrole nitrogens is 1. The Bertz CT molecular complexity index is 509. The van der Waals surface area contributed by atoms with E-state index in [0.29, 0.717) is 6.42 Å². The Labute approximate surface area is 99.4 Å². The van der Waals surface area contributed by atoms with Crippen LogP contribution in [0.1, 0.15) is 18.5 Å². The molecular weight excluding hydrogens is 214 g/mol. The molecule has 17 heavy (non-hydrogen) atoms. The van der Waals surface area contributed by atoms with E-state index < -0.39 is 0 Å². The molecule has 0 aliphatic heterocycles. The van der Waals surface area contributed by atoms with Gasteiger partial charge in [0.1, 0.15) is 5.65 Å². The molecule has 1 aliphatic carbocycles. The second-order valence-electron chi connectivity index (χ2n) is 4.66. The van der Waals surface area contributed by atoms with Crippen LogP contribution < -0.4 is 5.32 Å². The third-order valence-electron chi connectivity index (χ3n) is 3.08. The summed E-state index contributed by atoms with van der Waals surface area (Å²) in [5, 5.41) is 4.01. The van der Waals surface area contributed by atoms with Crippen molar-refractivity contribution < 1.29 is 4.79 Å². The SMILES string of the molecule is O=C(Cc1cc2cccnc2[nH]1)NCC1CC1. The molecule has 2 N–H and O–H groups in total. The number of nitrogens with one attached hydrogen (secondary N) is 2. The molecule has 88 valence electrons. The zero-order chi connectivity index (χ0) is 11.7. The molecule has 1 aliphatic rings. The highest BCUT2D eigenvalue weighted by Crippen LogP contribution is 2.27. The van der Waals surface area contributed by atoms with E-state index in [1.54, 1.807) is 6.20 Å². The zero-order valence-electron chi connectivity index (χ0n) is 9.57. The lowest BCUT2D eigenvalue weighted by Gasteiger charge is -2.01. The molecule has 1 amide bonds.